The maximum Gasteiger partial charge on any atom is 0.166 e. The molecule has 2 aromatic rings. The molecular formula is C24H29NO3. The third kappa shape index (κ3) is 3.93. The first-order valence-corrected chi connectivity index (χ1v) is 8.06. The van der Waals surface area contributed by atoms with Crippen molar-refractivity contribution in [2.75, 3.05) is 27.1 Å². The second-order valence-electron chi connectivity index (χ2n) is 5.74. The summed E-state index contributed by atoms with van der Waals surface area (Å²) < 4.78 is 194. The molecule has 1 heterocycles. The van der Waals surface area contributed by atoms with Crippen molar-refractivity contribution in [3.63, 3.8) is 0 Å². The van der Waals surface area contributed by atoms with Crippen molar-refractivity contribution in [2.45, 2.75) is 32.0 Å². The molecule has 1 atom stereocenters. The number of nitrogens with zero attached hydrogens (tertiary/aromatic N) is 1. The summed E-state index contributed by atoms with van der Waals surface area (Å²) in [4.78, 5) is 13.6. The number of carbonyl (C=O) groups is 1. The zero-order valence-electron chi connectivity index (χ0n) is 36.3. The molecule has 1 aliphatic carbocycles. The van der Waals surface area contributed by atoms with Crippen molar-refractivity contribution >= 4 is 5.78 Å². The summed E-state index contributed by atoms with van der Waals surface area (Å²) in [7, 11) is -6.88. The number of ether oxygens (including phenoxy) is 2. The maximum atomic E-state index is 14.0. The van der Waals surface area contributed by atoms with Gasteiger partial charge in [0.2, 0.25) is 0 Å². The minimum atomic E-state index is -4.48. The number of fused-ring (bicyclic) bond motifs is 1. The quantitative estimate of drug-likeness (QED) is 0.721. The van der Waals surface area contributed by atoms with Gasteiger partial charge in [-0.2, -0.15) is 0 Å². The Morgan fingerprint density at radius 1 is 1.21 bits per heavy atom. The average Bonchev–Trinajstić information content (AvgIpc) is 3.23. The molecule has 1 aliphatic heterocycles. The van der Waals surface area contributed by atoms with Gasteiger partial charge in [0.1, 0.15) is 0 Å². The SMILES string of the molecule is [2H]c1c2c(c([2H])c(OC([2H])([2H])[2H])c1OC([2H])([2H])[2H])C(=O)C([2H])(C([2H])([2H])C1([2H])C([2H])([2H])C([2H])([2H])N(C([2H])([2H])c3ccccc3)C([2H])([2H])C1([2H])[2H])C2. The van der Waals surface area contributed by atoms with Gasteiger partial charge in [-0.25, -0.2) is 0 Å². The molecule has 148 valence electrons. The number of likely N-dealkylation sites (tertiary alicyclic amines) is 1. The second-order valence-corrected chi connectivity index (χ2v) is 5.74. The molecule has 0 radical (unpaired) electrons. The van der Waals surface area contributed by atoms with Crippen LogP contribution < -0.4 is 9.47 Å². The molecule has 0 bridgehead atoms. The number of benzene rings is 2. The van der Waals surface area contributed by atoms with Gasteiger partial charge in [-0.3, -0.25) is 9.69 Å². The fraction of sp³-hybridized carbons (Fsp3) is 0.458. The zero-order chi connectivity index (χ0) is 38.9. The van der Waals surface area contributed by atoms with E-state index in [9.17, 15) is 4.79 Å². The summed E-state index contributed by atoms with van der Waals surface area (Å²) in [5.41, 5.74) is -2.45. The van der Waals surface area contributed by atoms with Crippen LogP contribution in [0.5, 0.6) is 11.5 Å². The van der Waals surface area contributed by atoms with Crippen LogP contribution in [0.2, 0.25) is 0 Å². The molecule has 4 heteroatoms. The van der Waals surface area contributed by atoms with Crippen LogP contribution >= 0.6 is 0 Å². The number of hydrogen-bond acceptors (Lipinski definition) is 4. The lowest BCUT2D eigenvalue weighted by Crippen LogP contribution is -2.34. The largest absolute Gasteiger partial charge is 0.493 e. The summed E-state index contributed by atoms with van der Waals surface area (Å²) in [6.45, 7) is -11.6. The summed E-state index contributed by atoms with van der Waals surface area (Å²) in [6, 6.07) is 3.60. The average molecular weight is 402 g/mol. The Bertz CT molecular complexity index is 1670. The Morgan fingerprint density at radius 3 is 2.64 bits per heavy atom. The molecule has 2 aromatic carbocycles. The molecule has 4 rings (SSSR count). The second kappa shape index (κ2) is 8.36. The normalized spacial score (nSPS) is 44.6. The molecule has 28 heavy (non-hydrogen) atoms. The number of hydrogen-bond donors (Lipinski definition) is 0. The number of piperidine rings is 1. The van der Waals surface area contributed by atoms with Gasteiger partial charge in [0.05, 0.1) is 25.0 Å². The van der Waals surface area contributed by atoms with Crippen molar-refractivity contribution in [2.24, 2.45) is 11.8 Å². The first-order valence-electron chi connectivity index (χ1n) is 19.1. The van der Waals surface area contributed by atoms with Gasteiger partial charge in [-0.05, 0) is 67.6 Å². The monoisotopic (exact) mass is 401 g/mol. The predicted molar refractivity (Wildman–Crippen MR) is 110 cm³/mol. The fourth-order valence-corrected chi connectivity index (χ4v) is 2.67. The first kappa shape index (κ1) is 6.09. The van der Waals surface area contributed by atoms with Gasteiger partial charge in [-0.1, -0.05) is 30.3 Å². The Labute approximate surface area is 198 Å². The summed E-state index contributed by atoms with van der Waals surface area (Å²) in [5.74, 6) is -12.6. The van der Waals surface area contributed by atoms with Crippen LogP contribution in [0.1, 0.15) is 70.8 Å². The minimum Gasteiger partial charge on any atom is -0.493 e. The van der Waals surface area contributed by atoms with E-state index in [4.69, 9.17) is 34.9 Å². The zero-order valence-corrected chi connectivity index (χ0v) is 14.3. The van der Waals surface area contributed by atoms with Crippen molar-refractivity contribution < 1.29 is 44.4 Å². The van der Waals surface area contributed by atoms with Gasteiger partial charge in [0, 0.05) is 37.1 Å². The van der Waals surface area contributed by atoms with Gasteiger partial charge in [0.15, 0.2) is 17.3 Å². The molecule has 2 aliphatic rings. The van der Waals surface area contributed by atoms with E-state index in [0.717, 1.165) is 12.1 Å². The van der Waals surface area contributed by atoms with Crippen molar-refractivity contribution in [3.8, 4) is 11.5 Å². The Balaban J connectivity index is 2.00. The molecule has 0 N–H and O–H groups in total. The highest BCUT2D eigenvalue weighted by Gasteiger charge is 2.34. The van der Waals surface area contributed by atoms with Crippen LogP contribution in [0.4, 0.5) is 0 Å². The lowest BCUT2D eigenvalue weighted by molar-refractivity contribution is 0.0895. The highest BCUT2D eigenvalue weighted by atomic mass is 16.5. The molecule has 0 aromatic heterocycles. The molecule has 0 spiro atoms. The van der Waals surface area contributed by atoms with E-state index in [2.05, 4.69) is 4.74 Å². The molecule has 4 nitrogen and oxygen atoms in total. The van der Waals surface area contributed by atoms with Gasteiger partial charge < -0.3 is 9.47 Å². The fourth-order valence-electron chi connectivity index (χ4n) is 2.67. The van der Waals surface area contributed by atoms with E-state index in [1.807, 2.05) is 0 Å². The molecule has 1 unspecified atom stereocenters. The molecule has 0 amide bonds. The van der Waals surface area contributed by atoms with Crippen LogP contribution in [0, 0.1) is 11.8 Å². The highest BCUT2D eigenvalue weighted by molar-refractivity contribution is 6.02. The van der Waals surface area contributed by atoms with Crippen molar-refractivity contribution in [1.29, 1.82) is 0 Å². The van der Waals surface area contributed by atoms with Crippen molar-refractivity contribution in [3.05, 3.63) is 59.1 Å². The van der Waals surface area contributed by atoms with Gasteiger partial charge in [0.25, 0.3) is 0 Å². The molecule has 0 saturated carbocycles. The van der Waals surface area contributed by atoms with Crippen LogP contribution in [-0.4, -0.2) is 37.8 Å². The molecular weight excluding hydrogens is 350 g/mol. The molecule has 1 saturated heterocycles. The lowest BCUT2D eigenvalue weighted by Gasteiger charge is -2.32. The van der Waals surface area contributed by atoms with E-state index < -0.39 is 122 Å². The number of ketones is 1. The Kier molecular flexibility index (Phi) is 1.82. The number of methoxy groups -OCH3 is 2. The predicted octanol–water partition coefficient (Wildman–Crippen LogP) is 4.36. The van der Waals surface area contributed by atoms with Gasteiger partial charge in [-0.15, -0.1) is 0 Å². The van der Waals surface area contributed by atoms with E-state index in [1.165, 1.54) is 18.2 Å². The standard InChI is InChI=1S/C24H29NO3/c1-27-22-14-19-13-20(24(26)21(19)15-23(22)28-2)12-17-8-10-25(11-9-17)16-18-6-4-3-5-7-18/h3-7,14-15,17,20H,8-13,16H2,1-2H3/i1D3,2D3,8D2,9D2,10D2,11D2,12D2,14D,15D,16D2,17D,20D. The molecule has 1 fully saturated rings. The maximum absolute atomic E-state index is 14.0. The third-order valence-corrected chi connectivity index (χ3v) is 3.95. The van der Waals surface area contributed by atoms with Crippen LogP contribution in [0.3, 0.4) is 0 Å². The summed E-state index contributed by atoms with van der Waals surface area (Å²) >= 11 is 0. The number of Topliss-reactive ketones (excluding diaryl/α,β-unsaturated/α-hetero) is 1. The summed E-state index contributed by atoms with van der Waals surface area (Å²) in [5, 5.41) is 0. The summed E-state index contributed by atoms with van der Waals surface area (Å²) in [6.07, 6.45) is -14.5. The van der Waals surface area contributed by atoms with E-state index in [0.29, 0.717) is 0 Å². The van der Waals surface area contributed by atoms with E-state index in [-0.39, 0.29) is 0 Å². The minimum absolute atomic E-state index is 0.451. The van der Waals surface area contributed by atoms with E-state index in [1.54, 1.807) is 0 Å². The third-order valence-electron chi connectivity index (χ3n) is 3.95. The van der Waals surface area contributed by atoms with Gasteiger partial charge >= 0.3 is 0 Å². The van der Waals surface area contributed by atoms with Crippen LogP contribution in [0.25, 0.3) is 0 Å². The first-order chi connectivity index (χ1) is 22.1. The van der Waals surface area contributed by atoms with Crippen LogP contribution in [-0.2, 0) is 12.9 Å². The topological polar surface area (TPSA) is 38.8 Å². The van der Waals surface area contributed by atoms with Crippen molar-refractivity contribution in [1.82, 2.24) is 4.90 Å². The van der Waals surface area contributed by atoms with Crippen LogP contribution in [0.15, 0.2) is 42.4 Å². The number of carbonyl (C=O) groups excluding carboxylic acids is 1. The highest BCUT2D eigenvalue weighted by Crippen LogP contribution is 2.39. The Hall–Kier alpha value is -2.33. The number of rotatable bonds is 6. The van der Waals surface area contributed by atoms with E-state index >= 15 is 0 Å². The Morgan fingerprint density at radius 2 is 1.93 bits per heavy atom. The smallest absolute Gasteiger partial charge is 0.166 e. The lowest BCUT2D eigenvalue weighted by atomic mass is 9.85.